The van der Waals surface area contributed by atoms with Gasteiger partial charge in [0.25, 0.3) is 0 Å². The van der Waals surface area contributed by atoms with Crippen LogP contribution >= 0.6 is 0 Å². The smallest absolute Gasteiger partial charge is 0.130 e. The number of aliphatic hydroxyl groups excluding tert-OH is 1. The van der Waals surface area contributed by atoms with Gasteiger partial charge < -0.3 is 14.6 Å². The van der Waals surface area contributed by atoms with Crippen LogP contribution in [0.25, 0.3) is 0 Å². The van der Waals surface area contributed by atoms with Crippen molar-refractivity contribution in [1.29, 1.82) is 0 Å². The van der Waals surface area contributed by atoms with Crippen molar-refractivity contribution < 1.29 is 14.6 Å². The van der Waals surface area contributed by atoms with Gasteiger partial charge in [-0.25, -0.2) is 0 Å². The fraction of sp³-hybridized carbons (Fsp3) is 0.900. The number of hydrogen-bond donors (Lipinski definition) is 1. The summed E-state index contributed by atoms with van der Waals surface area (Å²) < 4.78 is 5.12. The predicted molar refractivity (Wildman–Crippen MR) is 49.4 cm³/mol. The molecule has 0 amide bonds. The molecule has 0 aromatic heterocycles. The van der Waals surface area contributed by atoms with Gasteiger partial charge in [0, 0.05) is 13.5 Å². The largest absolute Gasteiger partial charge is 0.390 e. The molecule has 1 N–H and O–H groups in total. The molecule has 3 atom stereocenters. The minimum Gasteiger partial charge on any atom is -0.390 e. The van der Waals surface area contributed by atoms with Crippen molar-refractivity contribution in [2.75, 3.05) is 7.11 Å². The van der Waals surface area contributed by atoms with E-state index in [4.69, 9.17) is 4.74 Å². The lowest BCUT2D eigenvalue weighted by Crippen LogP contribution is -2.35. The first-order valence-corrected chi connectivity index (χ1v) is 4.83. The molecule has 0 aromatic rings. The quantitative estimate of drug-likeness (QED) is 0.719. The number of hydrogen-bond acceptors (Lipinski definition) is 3. The van der Waals surface area contributed by atoms with Crippen LogP contribution in [0.5, 0.6) is 0 Å². The summed E-state index contributed by atoms with van der Waals surface area (Å²) in [7, 11) is 1.62. The maximum absolute atomic E-state index is 10.9. The van der Waals surface area contributed by atoms with E-state index in [1.165, 1.54) is 0 Å². The average molecular weight is 186 g/mol. The minimum absolute atomic E-state index is 0.0248. The lowest BCUT2D eigenvalue weighted by molar-refractivity contribution is -0.119. The third kappa shape index (κ3) is 3.08. The Bertz CT molecular complexity index is 179. The molecule has 3 unspecified atom stereocenters. The van der Waals surface area contributed by atoms with Crippen LogP contribution in [-0.2, 0) is 9.53 Å². The summed E-state index contributed by atoms with van der Waals surface area (Å²) in [6.45, 7) is 1.61. The van der Waals surface area contributed by atoms with Crippen molar-refractivity contribution in [2.24, 2.45) is 5.92 Å². The van der Waals surface area contributed by atoms with E-state index in [9.17, 15) is 9.90 Å². The van der Waals surface area contributed by atoms with Gasteiger partial charge in [0.2, 0.25) is 0 Å². The molecule has 3 heteroatoms. The normalized spacial score (nSPS) is 34.5. The predicted octanol–water partition coefficient (Wildman–Crippen LogP) is 1.14. The summed E-state index contributed by atoms with van der Waals surface area (Å²) in [5, 5.41) is 9.62. The van der Waals surface area contributed by atoms with Gasteiger partial charge in [0.1, 0.15) is 5.78 Å². The molecule has 1 aliphatic rings. The zero-order valence-corrected chi connectivity index (χ0v) is 8.32. The summed E-state index contributed by atoms with van der Waals surface area (Å²) in [6, 6.07) is 0. The average Bonchev–Trinajstić information content (AvgIpc) is 2.03. The van der Waals surface area contributed by atoms with Gasteiger partial charge in [0.05, 0.1) is 12.2 Å². The fourth-order valence-corrected chi connectivity index (χ4v) is 2.07. The highest BCUT2D eigenvalue weighted by Gasteiger charge is 2.29. The molecule has 1 aliphatic carbocycles. The number of carbonyl (C=O) groups excluding carboxylic acids is 1. The summed E-state index contributed by atoms with van der Waals surface area (Å²) >= 11 is 0. The maximum atomic E-state index is 10.9. The lowest BCUT2D eigenvalue weighted by Gasteiger charge is -2.31. The van der Waals surface area contributed by atoms with Crippen LogP contribution < -0.4 is 0 Å². The SMILES string of the molecule is COC1CCC(CC(C)=O)CC1O. The second-order valence-electron chi connectivity index (χ2n) is 3.93. The van der Waals surface area contributed by atoms with Crippen LogP contribution in [0.1, 0.15) is 32.6 Å². The summed E-state index contributed by atoms with van der Waals surface area (Å²) in [5.41, 5.74) is 0. The Hall–Kier alpha value is -0.410. The van der Waals surface area contributed by atoms with Crippen LogP contribution in [0, 0.1) is 5.92 Å². The third-order valence-corrected chi connectivity index (χ3v) is 2.74. The summed E-state index contributed by atoms with van der Waals surface area (Å²) in [5.74, 6) is 0.576. The molecule has 1 saturated carbocycles. The van der Waals surface area contributed by atoms with Crippen LogP contribution in [0.2, 0.25) is 0 Å². The molecular formula is C10H18O3. The van der Waals surface area contributed by atoms with Crippen LogP contribution in [0.4, 0.5) is 0 Å². The highest BCUT2D eigenvalue weighted by molar-refractivity contribution is 5.75. The van der Waals surface area contributed by atoms with Crippen molar-refractivity contribution in [3.8, 4) is 0 Å². The Morgan fingerprint density at radius 3 is 2.69 bits per heavy atom. The molecule has 0 aromatic carbocycles. The van der Waals surface area contributed by atoms with Crippen molar-refractivity contribution >= 4 is 5.78 Å². The second-order valence-corrected chi connectivity index (χ2v) is 3.93. The number of ether oxygens (including phenoxy) is 1. The zero-order valence-electron chi connectivity index (χ0n) is 8.32. The van der Waals surface area contributed by atoms with E-state index in [1.807, 2.05) is 0 Å². The van der Waals surface area contributed by atoms with Crippen molar-refractivity contribution in [2.45, 2.75) is 44.8 Å². The van der Waals surface area contributed by atoms with E-state index in [0.717, 1.165) is 12.8 Å². The standard InChI is InChI=1S/C10H18O3/c1-7(11)5-8-3-4-10(13-2)9(12)6-8/h8-10,12H,3-6H2,1-2H3. The van der Waals surface area contributed by atoms with Gasteiger partial charge in [-0.2, -0.15) is 0 Å². The van der Waals surface area contributed by atoms with E-state index < -0.39 is 0 Å². The van der Waals surface area contributed by atoms with Gasteiger partial charge in [-0.3, -0.25) is 0 Å². The molecule has 0 radical (unpaired) electrons. The highest BCUT2D eigenvalue weighted by Crippen LogP contribution is 2.28. The zero-order chi connectivity index (χ0) is 9.84. The van der Waals surface area contributed by atoms with E-state index in [-0.39, 0.29) is 18.0 Å². The molecule has 1 fully saturated rings. The Morgan fingerprint density at radius 1 is 1.54 bits per heavy atom. The van der Waals surface area contributed by atoms with E-state index in [0.29, 0.717) is 18.8 Å². The van der Waals surface area contributed by atoms with Crippen LogP contribution in [0.15, 0.2) is 0 Å². The first kappa shape index (κ1) is 10.7. The number of ketones is 1. The van der Waals surface area contributed by atoms with Crippen LogP contribution in [-0.4, -0.2) is 30.2 Å². The molecule has 0 bridgehead atoms. The van der Waals surface area contributed by atoms with Crippen molar-refractivity contribution in [3.05, 3.63) is 0 Å². The second kappa shape index (κ2) is 4.72. The number of aliphatic hydroxyl groups is 1. The Labute approximate surface area is 79.1 Å². The lowest BCUT2D eigenvalue weighted by atomic mass is 9.82. The Morgan fingerprint density at radius 2 is 2.23 bits per heavy atom. The maximum Gasteiger partial charge on any atom is 0.130 e. The summed E-state index contributed by atoms with van der Waals surface area (Å²) in [4.78, 5) is 10.9. The topological polar surface area (TPSA) is 46.5 Å². The number of rotatable bonds is 3. The first-order valence-electron chi connectivity index (χ1n) is 4.83. The Balaban J connectivity index is 2.36. The van der Waals surface area contributed by atoms with Crippen molar-refractivity contribution in [3.63, 3.8) is 0 Å². The van der Waals surface area contributed by atoms with Gasteiger partial charge in [-0.05, 0) is 32.1 Å². The van der Waals surface area contributed by atoms with Crippen molar-refractivity contribution in [1.82, 2.24) is 0 Å². The number of Topliss-reactive ketones (excluding diaryl/α,β-unsaturated/α-hetero) is 1. The van der Waals surface area contributed by atoms with E-state index in [2.05, 4.69) is 0 Å². The molecule has 0 aliphatic heterocycles. The van der Waals surface area contributed by atoms with Gasteiger partial charge in [-0.15, -0.1) is 0 Å². The molecule has 1 rings (SSSR count). The first-order chi connectivity index (χ1) is 6.13. The third-order valence-electron chi connectivity index (χ3n) is 2.74. The van der Waals surface area contributed by atoms with Gasteiger partial charge in [-0.1, -0.05) is 0 Å². The fourth-order valence-electron chi connectivity index (χ4n) is 2.07. The molecule has 13 heavy (non-hydrogen) atoms. The highest BCUT2D eigenvalue weighted by atomic mass is 16.5. The molecule has 0 spiro atoms. The minimum atomic E-state index is -0.386. The van der Waals surface area contributed by atoms with E-state index >= 15 is 0 Å². The monoisotopic (exact) mass is 186 g/mol. The number of carbonyl (C=O) groups is 1. The molecule has 0 saturated heterocycles. The molecule has 0 heterocycles. The molecular weight excluding hydrogens is 168 g/mol. The summed E-state index contributed by atoms with van der Waals surface area (Å²) in [6.07, 6.45) is 2.77. The molecule has 76 valence electrons. The van der Waals surface area contributed by atoms with Crippen LogP contribution in [0.3, 0.4) is 0 Å². The van der Waals surface area contributed by atoms with Gasteiger partial charge in [0.15, 0.2) is 0 Å². The van der Waals surface area contributed by atoms with E-state index in [1.54, 1.807) is 14.0 Å². The van der Waals surface area contributed by atoms with Gasteiger partial charge >= 0.3 is 0 Å². The Kier molecular flexibility index (Phi) is 3.88. The molecule has 3 nitrogen and oxygen atoms in total. The number of methoxy groups -OCH3 is 1.